The van der Waals surface area contributed by atoms with E-state index >= 15 is 0 Å². The van der Waals surface area contributed by atoms with E-state index in [1.54, 1.807) is 0 Å². The molecule has 0 aliphatic carbocycles. The minimum Gasteiger partial charge on any atom is -0.389 e. The molecule has 2 saturated heterocycles. The Balaban J connectivity index is 1.51. The van der Waals surface area contributed by atoms with Crippen molar-refractivity contribution in [2.45, 2.75) is 31.9 Å². The van der Waals surface area contributed by atoms with Crippen LogP contribution in [-0.4, -0.2) is 67.0 Å². The molecular weight excluding hydrogens is 478 g/mol. The SMILES string of the molecule is Cc1nnn(C)c1-c1cnc2c3ccc(N4CC(O)C4)nc3n([C@H](c3ccccc3)C3CCOCC3)c2c1. The molecule has 9 nitrogen and oxygen atoms in total. The van der Waals surface area contributed by atoms with Crippen molar-refractivity contribution < 1.29 is 9.84 Å². The summed E-state index contributed by atoms with van der Waals surface area (Å²) in [6.45, 7) is 4.72. The second kappa shape index (κ2) is 9.18. The number of hydrogen-bond acceptors (Lipinski definition) is 7. The maximum atomic E-state index is 9.93. The number of hydrogen-bond donors (Lipinski definition) is 1. The topological polar surface area (TPSA) is 94.1 Å². The van der Waals surface area contributed by atoms with Crippen molar-refractivity contribution in [1.29, 1.82) is 0 Å². The minimum atomic E-state index is -0.294. The summed E-state index contributed by atoms with van der Waals surface area (Å²) in [5, 5.41) is 19.5. The van der Waals surface area contributed by atoms with E-state index in [4.69, 9.17) is 14.7 Å². The summed E-state index contributed by atoms with van der Waals surface area (Å²) < 4.78 is 9.99. The van der Waals surface area contributed by atoms with Gasteiger partial charge in [-0.2, -0.15) is 0 Å². The highest BCUT2D eigenvalue weighted by molar-refractivity contribution is 6.05. The monoisotopic (exact) mass is 509 g/mol. The third-order valence-corrected chi connectivity index (χ3v) is 8.06. The Bertz CT molecular complexity index is 1600. The van der Waals surface area contributed by atoms with Gasteiger partial charge in [0.15, 0.2) is 0 Å². The maximum absolute atomic E-state index is 9.93. The zero-order chi connectivity index (χ0) is 25.8. The molecule has 1 atom stereocenters. The van der Waals surface area contributed by atoms with Crippen molar-refractivity contribution in [3.05, 3.63) is 66.0 Å². The molecule has 2 aliphatic heterocycles. The quantitative estimate of drug-likeness (QED) is 0.384. The summed E-state index contributed by atoms with van der Waals surface area (Å²) in [5.74, 6) is 1.28. The smallest absolute Gasteiger partial charge is 0.145 e. The summed E-state index contributed by atoms with van der Waals surface area (Å²) in [6, 6.07) is 17.2. The van der Waals surface area contributed by atoms with Gasteiger partial charge < -0.3 is 19.3 Å². The molecule has 38 heavy (non-hydrogen) atoms. The fourth-order valence-electron chi connectivity index (χ4n) is 6.16. The lowest BCUT2D eigenvalue weighted by Gasteiger charge is -2.37. The molecule has 1 aromatic carbocycles. The number of rotatable bonds is 5. The second-order valence-corrected chi connectivity index (χ2v) is 10.5. The summed E-state index contributed by atoms with van der Waals surface area (Å²) in [4.78, 5) is 12.3. The zero-order valence-electron chi connectivity index (χ0n) is 21.7. The Morgan fingerprint density at radius 3 is 2.55 bits per heavy atom. The molecule has 0 unspecified atom stereocenters. The van der Waals surface area contributed by atoms with Crippen LogP contribution in [0, 0.1) is 12.8 Å². The van der Waals surface area contributed by atoms with Gasteiger partial charge in [0.1, 0.15) is 11.5 Å². The first kappa shape index (κ1) is 23.3. The number of aliphatic hydroxyl groups is 1. The fraction of sp³-hybridized carbons (Fsp3) is 0.379. The first-order valence-electron chi connectivity index (χ1n) is 13.3. The standard InChI is InChI=1S/C29H31N7O2/c1-18-27(34(2)33-32-18)21-14-24-26(30-15-21)23-8-9-25(35-16-22(37)17-35)31-29(23)36(24)28(19-6-4-3-5-7-19)20-10-12-38-13-11-20/h3-9,14-15,20,22,28,37H,10-13,16-17H2,1-2H3/t28-/m1/s1. The Kier molecular flexibility index (Phi) is 5.63. The first-order valence-corrected chi connectivity index (χ1v) is 13.3. The van der Waals surface area contributed by atoms with Crippen LogP contribution in [0.5, 0.6) is 0 Å². The number of anilines is 1. The Hall–Kier alpha value is -3.82. The van der Waals surface area contributed by atoms with E-state index in [9.17, 15) is 5.11 Å². The molecule has 5 aromatic rings. The number of aromatic nitrogens is 6. The van der Waals surface area contributed by atoms with Crippen LogP contribution in [-0.2, 0) is 11.8 Å². The highest BCUT2D eigenvalue weighted by Crippen LogP contribution is 2.41. The van der Waals surface area contributed by atoms with Gasteiger partial charge in [-0.15, -0.1) is 5.10 Å². The summed E-state index contributed by atoms with van der Waals surface area (Å²) >= 11 is 0. The molecule has 0 radical (unpaired) electrons. The number of benzene rings is 1. The number of fused-ring (bicyclic) bond motifs is 3. The van der Waals surface area contributed by atoms with Crippen LogP contribution in [0.4, 0.5) is 5.82 Å². The first-order chi connectivity index (χ1) is 18.6. The van der Waals surface area contributed by atoms with E-state index in [1.165, 1.54) is 5.56 Å². The summed E-state index contributed by atoms with van der Waals surface area (Å²) in [5.41, 5.74) is 6.98. The molecule has 7 rings (SSSR count). The van der Waals surface area contributed by atoms with E-state index in [2.05, 4.69) is 68.3 Å². The second-order valence-electron chi connectivity index (χ2n) is 10.5. The number of β-amino-alcohol motifs (C(OH)–C–C–N with tert-alkyl or cyclic N) is 1. The predicted molar refractivity (Wildman–Crippen MR) is 146 cm³/mol. The highest BCUT2D eigenvalue weighted by atomic mass is 16.5. The van der Waals surface area contributed by atoms with Gasteiger partial charge in [-0.25, -0.2) is 9.67 Å². The Morgan fingerprint density at radius 1 is 1.05 bits per heavy atom. The molecule has 0 spiro atoms. The van der Waals surface area contributed by atoms with Crippen molar-refractivity contribution in [2.24, 2.45) is 13.0 Å². The molecule has 0 saturated carbocycles. The van der Waals surface area contributed by atoms with Crippen molar-refractivity contribution in [3.8, 4) is 11.3 Å². The van der Waals surface area contributed by atoms with E-state index in [1.807, 2.05) is 24.9 Å². The lowest BCUT2D eigenvalue weighted by molar-refractivity contribution is 0.0552. The number of pyridine rings is 2. The van der Waals surface area contributed by atoms with Crippen molar-refractivity contribution >= 4 is 27.9 Å². The van der Waals surface area contributed by atoms with Crippen LogP contribution in [0.3, 0.4) is 0 Å². The molecule has 9 heteroatoms. The van der Waals surface area contributed by atoms with Gasteiger partial charge in [0.2, 0.25) is 0 Å². The lowest BCUT2D eigenvalue weighted by atomic mass is 9.86. The van der Waals surface area contributed by atoms with Gasteiger partial charge in [-0.05, 0) is 49.4 Å². The number of aryl methyl sites for hydroxylation is 2. The molecule has 0 amide bonds. The van der Waals surface area contributed by atoms with Gasteiger partial charge in [-0.1, -0.05) is 35.5 Å². The van der Waals surface area contributed by atoms with Crippen LogP contribution in [0.15, 0.2) is 54.7 Å². The van der Waals surface area contributed by atoms with E-state index in [0.29, 0.717) is 19.0 Å². The number of ether oxygens (including phenoxy) is 1. The number of nitrogens with zero attached hydrogens (tertiary/aromatic N) is 7. The fourth-order valence-corrected chi connectivity index (χ4v) is 6.16. The molecular formula is C29H31N7O2. The largest absolute Gasteiger partial charge is 0.389 e. The van der Waals surface area contributed by atoms with Crippen LogP contribution in [0.2, 0.25) is 0 Å². The van der Waals surface area contributed by atoms with Crippen LogP contribution < -0.4 is 4.90 Å². The average Bonchev–Trinajstić information content (AvgIpc) is 3.43. The normalized spacial score (nSPS) is 17.8. The van der Waals surface area contributed by atoms with Crippen LogP contribution in [0.25, 0.3) is 33.3 Å². The number of aliphatic hydroxyl groups excluding tert-OH is 1. The molecule has 6 heterocycles. The molecule has 1 N–H and O–H groups in total. The maximum Gasteiger partial charge on any atom is 0.145 e. The van der Waals surface area contributed by atoms with Gasteiger partial charge in [0, 0.05) is 50.5 Å². The average molecular weight is 510 g/mol. The molecule has 0 bridgehead atoms. The summed E-state index contributed by atoms with van der Waals surface area (Å²) in [7, 11) is 1.92. The lowest BCUT2D eigenvalue weighted by Crippen LogP contribution is -2.51. The molecule has 2 fully saturated rings. The van der Waals surface area contributed by atoms with Crippen molar-refractivity contribution in [3.63, 3.8) is 0 Å². The van der Waals surface area contributed by atoms with E-state index in [-0.39, 0.29) is 12.1 Å². The Morgan fingerprint density at radius 2 is 1.84 bits per heavy atom. The molecule has 4 aromatic heterocycles. The zero-order valence-corrected chi connectivity index (χ0v) is 21.7. The van der Waals surface area contributed by atoms with E-state index < -0.39 is 0 Å². The van der Waals surface area contributed by atoms with Crippen LogP contribution >= 0.6 is 0 Å². The van der Waals surface area contributed by atoms with Crippen LogP contribution in [0.1, 0.15) is 30.1 Å². The molecule has 2 aliphatic rings. The van der Waals surface area contributed by atoms with Gasteiger partial charge in [0.05, 0.1) is 34.6 Å². The third-order valence-electron chi connectivity index (χ3n) is 8.06. The molecule has 194 valence electrons. The highest BCUT2D eigenvalue weighted by Gasteiger charge is 2.32. The van der Waals surface area contributed by atoms with Gasteiger partial charge in [0.25, 0.3) is 0 Å². The van der Waals surface area contributed by atoms with E-state index in [0.717, 1.165) is 70.9 Å². The van der Waals surface area contributed by atoms with Gasteiger partial charge >= 0.3 is 0 Å². The third kappa shape index (κ3) is 3.76. The van der Waals surface area contributed by atoms with Crippen molar-refractivity contribution in [1.82, 2.24) is 29.5 Å². The minimum absolute atomic E-state index is 0.0765. The van der Waals surface area contributed by atoms with Gasteiger partial charge in [-0.3, -0.25) is 4.98 Å². The summed E-state index contributed by atoms with van der Waals surface area (Å²) in [6.07, 6.45) is 3.59. The van der Waals surface area contributed by atoms with Crippen molar-refractivity contribution in [2.75, 3.05) is 31.2 Å². The predicted octanol–water partition coefficient (Wildman–Crippen LogP) is 3.89. The Labute approximate surface area is 220 Å².